The van der Waals surface area contributed by atoms with Crippen molar-refractivity contribution in [1.29, 1.82) is 0 Å². The molecule has 1 fully saturated rings. The summed E-state index contributed by atoms with van der Waals surface area (Å²) in [7, 11) is 0. The van der Waals surface area contributed by atoms with Crippen molar-refractivity contribution in [3.05, 3.63) is 39.9 Å². The summed E-state index contributed by atoms with van der Waals surface area (Å²) in [5, 5.41) is 13.5. The fourth-order valence-corrected chi connectivity index (χ4v) is 2.97. The molecule has 3 atom stereocenters. The molecular formula is C17H22N2O5. The Labute approximate surface area is 140 Å². The second kappa shape index (κ2) is 7.90. The number of nitro benzene ring substituents is 1. The molecule has 0 bridgehead atoms. The number of hydrogen-bond donors (Lipinski definition) is 1. The summed E-state index contributed by atoms with van der Waals surface area (Å²) in [6, 6.07) is 5.18. The number of nitro groups is 1. The minimum absolute atomic E-state index is 0.107. The molecule has 1 saturated carbocycles. The topological polar surface area (TPSA) is 98.5 Å². The average Bonchev–Trinajstić information content (AvgIpc) is 2.57. The lowest BCUT2D eigenvalue weighted by atomic mass is 9.78. The Morgan fingerprint density at radius 1 is 1.25 bits per heavy atom. The molecule has 2 rings (SSSR count). The third kappa shape index (κ3) is 4.53. The van der Waals surface area contributed by atoms with E-state index in [1.807, 2.05) is 0 Å². The number of rotatable bonds is 5. The van der Waals surface area contributed by atoms with Crippen LogP contribution in [0.4, 0.5) is 5.69 Å². The van der Waals surface area contributed by atoms with Crippen LogP contribution >= 0.6 is 0 Å². The minimum atomic E-state index is -0.676. The van der Waals surface area contributed by atoms with Crippen molar-refractivity contribution in [2.45, 2.75) is 39.2 Å². The normalized spacial score (nSPS) is 23.3. The minimum Gasteiger partial charge on any atom is -0.452 e. The predicted octanol–water partition coefficient (Wildman–Crippen LogP) is 2.69. The van der Waals surface area contributed by atoms with Crippen LogP contribution in [-0.2, 0) is 9.53 Å². The standard InChI is InChI=1S/C17H22N2O5/c1-11-4-3-5-15(12(11)2)18-16(20)10-24-17(21)13-6-8-14(9-7-13)19(22)23/h6-9,11-12,15H,3-5,10H2,1-2H3,(H,18,20)/t11-,12-,15-/m1/s1. The number of carbonyl (C=O) groups is 2. The van der Waals surface area contributed by atoms with E-state index in [2.05, 4.69) is 19.2 Å². The van der Waals surface area contributed by atoms with Gasteiger partial charge in [0.1, 0.15) is 0 Å². The van der Waals surface area contributed by atoms with Gasteiger partial charge in [-0.1, -0.05) is 26.7 Å². The molecule has 0 unspecified atom stereocenters. The molecule has 0 saturated heterocycles. The van der Waals surface area contributed by atoms with Crippen LogP contribution in [0.5, 0.6) is 0 Å². The van der Waals surface area contributed by atoms with Gasteiger partial charge in [0.2, 0.25) is 0 Å². The lowest BCUT2D eigenvalue weighted by Gasteiger charge is -2.34. The molecule has 1 amide bonds. The summed E-state index contributed by atoms with van der Waals surface area (Å²) >= 11 is 0. The highest BCUT2D eigenvalue weighted by Gasteiger charge is 2.28. The maximum Gasteiger partial charge on any atom is 0.338 e. The van der Waals surface area contributed by atoms with E-state index < -0.39 is 10.9 Å². The van der Waals surface area contributed by atoms with Crippen LogP contribution in [0.3, 0.4) is 0 Å². The highest BCUT2D eigenvalue weighted by molar-refractivity contribution is 5.91. The number of nitrogens with one attached hydrogen (secondary N) is 1. The molecule has 1 aliphatic rings. The molecule has 0 heterocycles. The SMILES string of the molecule is C[C@@H]1[C@H](C)CCC[C@H]1NC(=O)COC(=O)c1ccc([N+](=O)[O-])cc1. The summed E-state index contributed by atoms with van der Waals surface area (Å²) in [5.41, 5.74) is 0.0674. The fourth-order valence-electron chi connectivity index (χ4n) is 2.97. The summed E-state index contributed by atoms with van der Waals surface area (Å²) in [6.45, 7) is 3.95. The summed E-state index contributed by atoms with van der Waals surface area (Å²) in [4.78, 5) is 33.9. The summed E-state index contributed by atoms with van der Waals surface area (Å²) < 4.78 is 4.97. The van der Waals surface area contributed by atoms with Gasteiger partial charge in [-0.15, -0.1) is 0 Å². The Hall–Kier alpha value is -2.44. The van der Waals surface area contributed by atoms with Crippen LogP contribution in [0.2, 0.25) is 0 Å². The molecular weight excluding hydrogens is 312 g/mol. The largest absolute Gasteiger partial charge is 0.452 e. The second-order valence-corrected chi connectivity index (χ2v) is 6.32. The van der Waals surface area contributed by atoms with E-state index in [0.29, 0.717) is 11.8 Å². The lowest BCUT2D eigenvalue weighted by Crippen LogP contribution is -2.45. The van der Waals surface area contributed by atoms with E-state index in [9.17, 15) is 19.7 Å². The summed E-state index contributed by atoms with van der Waals surface area (Å²) in [6.07, 6.45) is 3.19. The third-order valence-corrected chi connectivity index (χ3v) is 4.70. The number of benzene rings is 1. The van der Waals surface area contributed by atoms with Crippen LogP contribution < -0.4 is 5.32 Å². The van der Waals surface area contributed by atoms with Gasteiger partial charge < -0.3 is 10.1 Å². The Morgan fingerprint density at radius 3 is 2.54 bits per heavy atom. The zero-order chi connectivity index (χ0) is 17.7. The highest BCUT2D eigenvalue weighted by Crippen LogP contribution is 2.29. The number of ether oxygens (including phenoxy) is 1. The zero-order valence-corrected chi connectivity index (χ0v) is 13.9. The monoisotopic (exact) mass is 334 g/mol. The van der Waals surface area contributed by atoms with Crippen molar-refractivity contribution in [2.75, 3.05) is 6.61 Å². The molecule has 0 aliphatic heterocycles. The Kier molecular flexibility index (Phi) is 5.89. The number of nitrogens with zero attached hydrogens (tertiary/aromatic N) is 1. The smallest absolute Gasteiger partial charge is 0.338 e. The molecule has 7 heteroatoms. The lowest BCUT2D eigenvalue weighted by molar-refractivity contribution is -0.384. The van der Waals surface area contributed by atoms with Gasteiger partial charge >= 0.3 is 5.97 Å². The molecule has 24 heavy (non-hydrogen) atoms. The van der Waals surface area contributed by atoms with Gasteiger partial charge in [-0.2, -0.15) is 0 Å². The predicted molar refractivity (Wildman–Crippen MR) is 87.5 cm³/mol. The number of esters is 1. The number of amides is 1. The van der Waals surface area contributed by atoms with Crippen LogP contribution in [0.1, 0.15) is 43.5 Å². The van der Waals surface area contributed by atoms with Crippen LogP contribution in [0.15, 0.2) is 24.3 Å². The summed E-state index contributed by atoms with van der Waals surface area (Å²) in [5.74, 6) is -0.0406. The van der Waals surface area contributed by atoms with E-state index in [4.69, 9.17) is 4.74 Å². The average molecular weight is 334 g/mol. The first-order valence-electron chi connectivity index (χ1n) is 8.09. The van der Waals surface area contributed by atoms with E-state index in [1.165, 1.54) is 30.7 Å². The van der Waals surface area contributed by atoms with E-state index in [1.54, 1.807) is 0 Å². The molecule has 1 N–H and O–H groups in total. The molecule has 1 aliphatic carbocycles. The number of hydrogen-bond acceptors (Lipinski definition) is 5. The van der Waals surface area contributed by atoms with Crippen molar-refractivity contribution in [3.8, 4) is 0 Å². The van der Waals surface area contributed by atoms with Crippen LogP contribution in [-0.4, -0.2) is 29.4 Å². The van der Waals surface area contributed by atoms with Gasteiger partial charge in [0.15, 0.2) is 6.61 Å². The van der Waals surface area contributed by atoms with E-state index in [0.717, 1.165) is 12.8 Å². The fraction of sp³-hybridized carbons (Fsp3) is 0.529. The van der Waals surface area contributed by atoms with Gasteiger partial charge in [-0.3, -0.25) is 14.9 Å². The number of carbonyl (C=O) groups excluding carboxylic acids is 2. The van der Waals surface area contributed by atoms with Crippen molar-refractivity contribution in [3.63, 3.8) is 0 Å². The van der Waals surface area contributed by atoms with Crippen LogP contribution in [0, 0.1) is 22.0 Å². The highest BCUT2D eigenvalue weighted by atomic mass is 16.6. The molecule has 0 radical (unpaired) electrons. The number of non-ortho nitro benzene ring substituents is 1. The van der Waals surface area contributed by atoms with Crippen LogP contribution in [0.25, 0.3) is 0 Å². The Bertz CT molecular complexity index is 614. The maximum atomic E-state index is 12.0. The Morgan fingerprint density at radius 2 is 1.92 bits per heavy atom. The van der Waals surface area contributed by atoms with Crippen molar-refractivity contribution in [1.82, 2.24) is 5.32 Å². The first-order valence-corrected chi connectivity index (χ1v) is 8.09. The molecule has 7 nitrogen and oxygen atoms in total. The molecule has 130 valence electrons. The molecule has 0 aromatic heterocycles. The van der Waals surface area contributed by atoms with Gasteiger partial charge in [0, 0.05) is 18.2 Å². The maximum absolute atomic E-state index is 12.0. The van der Waals surface area contributed by atoms with Gasteiger partial charge in [0.05, 0.1) is 10.5 Å². The van der Waals surface area contributed by atoms with E-state index in [-0.39, 0.29) is 29.8 Å². The molecule has 1 aromatic rings. The van der Waals surface area contributed by atoms with Crippen molar-refractivity contribution in [2.24, 2.45) is 11.8 Å². The first-order chi connectivity index (χ1) is 11.4. The van der Waals surface area contributed by atoms with Gasteiger partial charge in [-0.05, 0) is 30.4 Å². The van der Waals surface area contributed by atoms with Gasteiger partial charge in [-0.25, -0.2) is 4.79 Å². The molecule has 0 spiro atoms. The van der Waals surface area contributed by atoms with E-state index >= 15 is 0 Å². The van der Waals surface area contributed by atoms with Crippen molar-refractivity contribution < 1.29 is 19.2 Å². The third-order valence-electron chi connectivity index (χ3n) is 4.70. The Balaban J connectivity index is 1.82. The quantitative estimate of drug-likeness (QED) is 0.507. The van der Waals surface area contributed by atoms with Gasteiger partial charge in [0.25, 0.3) is 11.6 Å². The second-order valence-electron chi connectivity index (χ2n) is 6.32. The van der Waals surface area contributed by atoms with Crippen molar-refractivity contribution >= 4 is 17.6 Å². The molecule has 1 aromatic carbocycles. The first kappa shape index (κ1) is 17.9. The zero-order valence-electron chi connectivity index (χ0n) is 13.9.